The summed E-state index contributed by atoms with van der Waals surface area (Å²) >= 11 is 0. The van der Waals surface area contributed by atoms with Crippen LogP contribution in [0.15, 0.2) is 48.5 Å². The zero-order valence-corrected chi connectivity index (χ0v) is 10.7. The second-order valence-electron chi connectivity index (χ2n) is 4.16. The van der Waals surface area contributed by atoms with Crippen molar-refractivity contribution in [3.8, 4) is 16.9 Å². The van der Waals surface area contributed by atoms with Crippen molar-refractivity contribution in [1.82, 2.24) is 5.48 Å². The third-order valence-corrected chi connectivity index (χ3v) is 2.75. The molecule has 0 saturated heterocycles. The van der Waals surface area contributed by atoms with E-state index in [9.17, 15) is 9.18 Å². The van der Waals surface area contributed by atoms with E-state index in [4.69, 9.17) is 9.94 Å². The van der Waals surface area contributed by atoms with E-state index in [1.165, 1.54) is 17.6 Å². The highest BCUT2D eigenvalue weighted by molar-refractivity contribution is 5.74. The van der Waals surface area contributed by atoms with Crippen molar-refractivity contribution in [3.63, 3.8) is 0 Å². The Morgan fingerprint density at radius 1 is 1.05 bits per heavy atom. The quantitative estimate of drug-likeness (QED) is 0.651. The highest BCUT2D eigenvalue weighted by Crippen LogP contribution is 2.22. The summed E-state index contributed by atoms with van der Waals surface area (Å²) in [6, 6.07) is 13.5. The highest BCUT2D eigenvalue weighted by atomic mass is 19.1. The first kappa shape index (κ1) is 14.0. The van der Waals surface area contributed by atoms with Gasteiger partial charge in [-0.05, 0) is 35.4 Å². The first-order valence-electron chi connectivity index (χ1n) is 6.11. The molecule has 0 aliphatic rings. The smallest absolute Gasteiger partial charge is 0.246 e. The molecule has 0 aliphatic heterocycles. The van der Waals surface area contributed by atoms with E-state index in [1.54, 1.807) is 24.3 Å². The van der Waals surface area contributed by atoms with Gasteiger partial charge in [-0.3, -0.25) is 10.0 Å². The fourth-order valence-electron chi connectivity index (χ4n) is 1.70. The number of halogens is 1. The van der Waals surface area contributed by atoms with Gasteiger partial charge in [-0.2, -0.15) is 0 Å². The van der Waals surface area contributed by atoms with Gasteiger partial charge in [-0.1, -0.05) is 24.3 Å². The molecule has 0 saturated carbocycles. The summed E-state index contributed by atoms with van der Waals surface area (Å²) in [6.07, 6.45) is 0.0796. The lowest BCUT2D eigenvalue weighted by atomic mass is 10.1. The molecule has 1 amide bonds. The number of hydrogen-bond acceptors (Lipinski definition) is 3. The van der Waals surface area contributed by atoms with Crippen molar-refractivity contribution >= 4 is 5.91 Å². The summed E-state index contributed by atoms with van der Waals surface area (Å²) in [5.74, 6) is -0.134. The van der Waals surface area contributed by atoms with Crippen LogP contribution in [0, 0.1) is 5.82 Å². The first-order chi connectivity index (χ1) is 9.69. The van der Waals surface area contributed by atoms with E-state index in [0.29, 0.717) is 5.75 Å². The molecule has 20 heavy (non-hydrogen) atoms. The number of carbonyl (C=O) groups excluding carboxylic acids is 1. The van der Waals surface area contributed by atoms with Crippen LogP contribution in [0.2, 0.25) is 0 Å². The highest BCUT2D eigenvalue weighted by Gasteiger charge is 2.01. The predicted molar refractivity (Wildman–Crippen MR) is 71.9 cm³/mol. The molecule has 2 aromatic carbocycles. The van der Waals surface area contributed by atoms with Crippen LogP contribution in [0.4, 0.5) is 4.39 Å². The van der Waals surface area contributed by atoms with Crippen LogP contribution in [-0.4, -0.2) is 17.7 Å². The van der Waals surface area contributed by atoms with E-state index in [1.807, 2.05) is 12.1 Å². The van der Waals surface area contributed by atoms with E-state index < -0.39 is 5.91 Å². The van der Waals surface area contributed by atoms with Gasteiger partial charge in [0.2, 0.25) is 5.91 Å². The van der Waals surface area contributed by atoms with Gasteiger partial charge in [0.1, 0.15) is 11.6 Å². The van der Waals surface area contributed by atoms with Crippen LogP contribution in [-0.2, 0) is 4.79 Å². The second-order valence-corrected chi connectivity index (χ2v) is 4.16. The molecule has 2 aromatic rings. The van der Waals surface area contributed by atoms with Gasteiger partial charge in [0, 0.05) is 0 Å². The molecule has 0 aromatic heterocycles. The molecule has 5 heteroatoms. The van der Waals surface area contributed by atoms with Gasteiger partial charge in [-0.25, -0.2) is 9.87 Å². The molecule has 0 aliphatic carbocycles. The third-order valence-electron chi connectivity index (χ3n) is 2.75. The minimum atomic E-state index is -0.493. The minimum Gasteiger partial charge on any atom is -0.493 e. The Morgan fingerprint density at radius 3 is 2.15 bits per heavy atom. The number of ether oxygens (including phenoxy) is 1. The lowest BCUT2D eigenvalue weighted by Gasteiger charge is -2.07. The fourth-order valence-corrected chi connectivity index (χ4v) is 1.70. The number of hydrogen-bond donors (Lipinski definition) is 2. The lowest BCUT2D eigenvalue weighted by molar-refractivity contribution is -0.129. The van der Waals surface area contributed by atoms with Crippen LogP contribution < -0.4 is 10.2 Å². The zero-order chi connectivity index (χ0) is 14.4. The van der Waals surface area contributed by atoms with Crippen LogP contribution in [0.5, 0.6) is 5.75 Å². The Morgan fingerprint density at radius 2 is 1.60 bits per heavy atom. The van der Waals surface area contributed by atoms with Crippen molar-refractivity contribution in [3.05, 3.63) is 54.3 Å². The van der Waals surface area contributed by atoms with Crippen LogP contribution >= 0.6 is 0 Å². The van der Waals surface area contributed by atoms with Gasteiger partial charge in [0.15, 0.2) is 0 Å². The number of hydroxylamine groups is 1. The molecular formula is C15H14FNO3. The van der Waals surface area contributed by atoms with Crippen molar-refractivity contribution in [1.29, 1.82) is 0 Å². The normalized spacial score (nSPS) is 10.1. The summed E-state index contributed by atoms with van der Waals surface area (Å²) in [7, 11) is 0. The van der Waals surface area contributed by atoms with Crippen LogP contribution in [0.1, 0.15) is 6.42 Å². The molecule has 0 bridgehead atoms. The zero-order valence-electron chi connectivity index (χ0n) is 10.7. The standard InChI is InChI=1S/C15H14FNO3/c16-13-5-1-11(2-6-13)12-3-7-14(8-4-12)20-10-9-15(18)17-19/h1-8,19H,9-10H2,(H,17,18). The number of benzene rings is 2. The third kappa shape index (κ3) is 3.80. The average molecular weight is 275 g/mol. The summed E-state index contributed by atoms with van der Waals surface area (Å²) in [5, 5.41) is 8.33. The maximum Gasteiger partial charge on any atom is 0.246 e. The monoisotopic (exact) mass is 275 g/mol. The average Bonchev–Trinajstić information content (AvgIpc) is 2.48. The van der Waals surface area contributed by atoms with E-state index in [0.717, 1.165) is 11.1 Å². The first-order valence-corrected chi connectivity index (χ1v) is 6.11. The molecule has 2 N–H and O–H groups in total. The van der Waals surface area contributed by atoms with E-state index in [2.05, 4.69) is 0 Å². The van der Waals surface area contributed by atoms with Gasteiger partial charge in [0.25, 0.3) is 0 Å². The molecule has 0 radical (unpaired) electrons. The summed E-state index contributed by atoms with van der Waals surface area (Å²) in [4.78, 5) is 10.8. The van der Waals surface area contributed by atoms with Crippen LogP contribution in [0.3, 0.4) is 0 Å². The van der Waals surface area contributed by atoms with Crippen molar-refractivity contribution < 1.29 is 19.1 Å². The second kappa shape index (κ2) is 6.68. The molecule has 0 heterocycles. The fraction of sp³-hybridized carbons (Fsp3) is 0.133. The molecule has 0 fully saturated rings. The van der Waals surface area contributed by atoms with Gasteiger partial charge in [-0.15, -0.1) is 0 Å². The van der Waals surface area contributed by atoms with Gasteiger partial charge < -0.3 is 4.74 Å². The molecule has 104 valence electrons. The number of amides is 1. The molecule has 4 nitrogen and oxygen atoms in total. The van der Waals surface area contributed by atoms with Crippen molar-refractivity contribution in [2.75, 3.05) is 6.61 Å². The number of rotatable bonds is 5. The Balaban J connectivity index is 1.96. The minimum absolute atomic E-state index is 0.0796. The Labute approximate surface area is 115 Å². The van der Waals surface area contributed by atoms with E-state index in [-0.39, 0.29) is 18.8 Å². The predicted octanol–water partition coefficient (Wildman–Crippen LogP) is 2.77. The maximum atomic E-state index is 12.8. The van der Waals surface area contributed by atoms with Crippen LogP contribution in [0.25, 0.3) is 11.1 Å². The maximum absolute atomic E-state index is 12.8. The molecule has 2 rings (SSSR count). The van der Waals surface area contributed by atoms with E-state index >= 15 is 0 Å². The summed E-state index contributed by atoms with van der Waals surface area (Å²) < 4.78 is 18.2. The SMILES string of the molecule is O=C(CCOc1ccc(-c2ccc(F)cc2)cc1)NO. The van der Waals surface area contributed by atoms with Crippen molar-refractivity contribution in [2.24, 2.45) is 0 Å². The molecule has 0 unspecified atom stereocenters. The van der Waals surface area contributed by atoms with Gasteiger partial charge in [0.05, 0.1) is 13.0 Å². The van der Waals surface area contributed by atoms with Crippen molar-refractivity contribution in [2.45, 2.75) is 6.42 Å². The molecular weight excluding hydrogens is 261 g/mol. The van der Waals surface area contributed by atoms with Gasteiger partial charge >= 0.3 is 0 Å². The molecule has 0 atom stereocenters. The topological polar surface area (TPSA) is 58.6 Å². The number of nitrogens with one attached hydrogen (secondary N) is 1. The Kier molecular flexibility index (Phi) is 4.68. The Bertz CT molecular complexity index is 567. The Hall–Kier alpha value is -2.40. The largest absolute Gasteiger partial charge is 0.493 e. The number of carbonyl (C=O) groups is 1. The summed E-state index contributed by atoms with van der Waals surface area (Å²) in [5.41, 5.74) is 3.40. The lowest BCUT2D eigenvalue weighted by Crippen LogP contribution is -2.20. The summed E-state index contributed by atoms with van der Waals surface area (Å²) in [6.45, 7) is 0.183. The molecule has 0 spiro atoms.